The Bertz CT molecular complexity index is 1380. The highest BCUT2D eigenvalue weighted by Crippen LogP contribution is 2.30. The van der Waals surface area contributed by atoms with Crippen LogP contribution in [0.1, 0.15) is 32.7 Å². The fraction of sp³-hybridized carbons (Fsp3) is 0.292. The molecule has 10 nitrogen and oxygen atoms in total. The van der Waals surface area contributed by atoms with Gasteiger partial charge in [0.1, 0.15) is 5.82 Å². The maximum absolute atomic E-state index is 13.0. The summed E-state index contributed by atoms with van der Waals surface area (Å²) in [5.41, 5.74) is 1.48. The van der Waals surface area contributed by atoms with Crippen LogP contribution in [0.15, 0.2) is 42.5 Å². The van der Waals surface area contributed by atoms with Gasteiger partial charge in [0.15, 0.2) is 0 Å². The summed E-state index contributed by atoms with van der Waals surface area (Å²) in [5.74, 6) is -0.481. The highest BCUT2D eigenvalue weighted by molar-refractivity contribution is 7.13. The van der Waals surface area contributed by atoms with Crippen LogP contribution in [0.25, 0.3) is 10.1 Å². The van der Waals surface area contributed by atoms with Crippen molar-refractivity contribution in [1.29, 1.82) is 0 Å². The number of hydrazine groups is 1. The molecule has 3 aromatic rings. The molecule has 35 heavy (non-hydrogen) atoms. The average Bonchev–Trinajstić information content (AvgIpc) is 3.39. The summed E-state index contributed by atoms with van der Waals surface area (Å²) >= 11 is 1.52. The van der Waals surface area contributed by atoms with Crippen molar-refractivity contribution in [2.75, 3.05) is 37.6 Å². The predicted octanol–water partition coefficient (Wildman–Crippen LogP) is 2.07. The zero-order valence-corrected chi connectivity index (χ0v) is 19.6. The van der Waals surface area contributed by atoms with Crippen LogP contribution in [0.3, 0.4) is 0 Å². The number of rotatable bonds is 4. The minimum Gasteiger partial charge on any atom is -0.353 e. The second kappa shape index (κ2) is 8.43. The molecule has 0 aliphatic carbocycles. The molecular formula is C24H22N6O4S. The minimum atomic E-state index is -0.762. The molecule has 2 fully saturated rings. The lowest BCUT2D eigenvalue weighted by molar-refractivity contribution is -0.122. The van der Waals surface area contributed by atoms with E-state index >= 15 is 0 Å². The molecule has 0 bridgehead atoms. The highest BCUT2D eigenvalue weighted by atomic mass is 32.1. The van der Waals surface area contributed by atoms with Crippen molar-refractivity contribution in [3.63, 3.8) is 0 Å². The SMILES string of the molecule is O=C1CCN(N2C(=O)c3ccc(CN4CCN(c5nsc6ccccc56)CC4)cc3C2=O)C(=O)N1. The van der Waals surface area contributed by atoms with Crippen LogP contribution >= 0.6 is 11.5 Å². The van der Waals surface area contributed by atoms with E-state index in [0.29, 0.717) is 6.54 Å². The topological polar surface area (TPSA) is 106 Å². The molecule has 178 valence electrons. The number of urea groups is 1. The number of nitrogens with one attached hydrogen (secondary N) is 1. The Balaban J connectivity index is 1.13. The van der Waals surface area contributed by atoms with E-state index in [-0.39, 0.29) is 24.1 Å². The van der Waals surface area contributed by atoms with Gasteiger partial charge < -0.3 is 4.90 Å². The zero-order chi connectivity index (χ0) is 24.1. The number of nitrogens with zero attached hydrogens (tertiary/aromatic N) is 5. The molecule has 11 heteroatoms. The van der Waals surface area contributed by atoms with Crippen LogP contribution in [0.4, 0.5) is 10.6 Å². The van der Waals surface area contributed by atoms with Crippen molar-refractivity contribution in [2.45, 2.75) is 13.0 Å². The number of benzene rings is 2. The van der Waals surface area contributed by atoms with Crippen LogP contribution in [-0.2, 0) is 11.3 Å². The van der Waals surface area contributed by atoms with Crippen LogP contribution < -0.4 is 10.2 Å². The predicted molar refractivity (Wildman–Crippen MR) is 129 cm³/mol. The molecule has 0 radical (unpaired) electrons. The van der Waals surface area contributed by atoms with Gasteiger partial charge in [0, 0.05) is 44.5 Å². The Morgan fingerprint density at radius 3 is 2.46 bits per heavy atom. The summed E-state index contributed by atoms with van der Waals surface area (Å²) < 4.78 is 5.85. The van der Waals surface area contributed by atoms with E-state index in [1.807, 2.05) is 18.2 Å². The van der Waals surface area contributed by atoms with Gasteiger partial charge in [-0.2, -0.15) is 9.38 Å². The summed E-state index contributed by atoms with van der Waals surface area (Å²) in [7, 11) is 0. The third kappa shape index (κ3) is 3.72. The van der Waals surface area contributed by atoms with Gasteiger partial charge in [0.2, 0.25) is 5.91 Å². The molecule has 0 saturated carbocycles. The highest BCUT2D eigenvalue weighted by Gasteiger charge is 2.43. The van der Waals surface area contributed by atoms with Gasteiger partial charge in [-0.15, -0.1) is 0 Å². The molecule has 0 unspecified atom stereocenters. The standard InChI is InChI=1S/C24H22N6O4S/c31-20-7-8-29(24(34)25-20)30-22(32)16-6-5-15(13-18(16)23(30)33)14-27-9-11-28(12-10-27)21-17-3-1-2-4-19(17)35-26-21/h1-6,13H,7-12,14H2,(H,25,31,34). The molecule has 3 aliphatic heterocycles. The lowest BCUT2D eigenvalue weighted by Crippen LogP contribution is -2.58. The number of hydrogen-bond donors (Lipinski definition) is 1. The van der Waals surface area contributed by atoms with Gasteiger partial charge in [-0.3, -0.25) is 24.6 Å². The van der Waals surface area contributed by atoms with Crippen molar-refractivity contribution in [1.82, 2.24) is 24.6 Å². The lowest BCUT2D eigenvalue weighted by Gasteiger charge is -2.35. The Morgan fingerprint density at radius 1 is 0.886 bits per heavy atom. The first-order chi connectivity index (χ1) is 17.0. The number of imide groups is 2. The van der Waals surface area contributed by atoms with E-state index in [4.69, 9.17) is 0 Å². The largest absolute Gasteiger partial charge is 0.353 e. The first kappa shape index (κ1) is 21.7. The fourth-order valence-electron chi connectivity index (χ4n) is 4.82. The second-order valence-electron chi connectivity index (χ2n) is 8.79. The van der Waals surface area contributed by atoms with E-state index in [1.54, 1.807) is 12.1 Å². The second-order valence-corrected chi connectivity index (χ2v) is 9.60. The smallest absolute Gasteiger partial charge is 0.343 e. The van der Waals surface area contributed by atoms with Gasteiger partial charge in [0.25, 0.3) is 11.8 Å². The quantitative estimate of drug-likeness (QED) is 0.558. The summed E-state index contributed by atoms with van der Waals surface area (Å²) in [4.78, 5) is 54.1. The molecule has 2 saturated heterocycles. The molecule has 3 aliphatic rings. The van der Waals surface area contributed by atoms with Gasteiger partial charge in [0.05, 0.1) is 22.4 Å². The molecule has 4 heterocycles. The lowest BCUT2D eigenvalue weighted by atomic mass is 10.1. The summed E-state index contributed by atoms with van der Waals surface area (Å²) in [6, 6.07) is 12.7. The first-order valence-electron chi connectivity index (χ1n) is 11.4. The van der Waals surface area contributed by atoms with E-state index in [0.717, 1.165) is 47.6 Å². The molecule has 1 N–H and O–H groups in total. The molecule has 0 spiro atoms. The monoisotopic (exact) mass is 490 g/mol. The van der Waals surface area contributed by atoms with Gasteiger partial charge in [-0.1, -0.05) is 18.2 Å². The Kier molecular flexibility index (Phi) is 5.23. The fourth-order valence-corrected chi connectivity index (χ4v) is 5.61. The van der Waals surface area contributed by atoms with E-state index in [1.165, 1.54) is 21.6 Å². The number of piperazine rings is 1. The average molecular weight is 491 g/mol. The van der Waals surface area contributed by atoms with Crippen LogP contribution in [0, 0.1) is 0 Å². The van der Waals surface area contributed by atoms with E-state index < -0.39 is 23.8 Å². The molecule has 6 rings (SSSR count). The van der Waals surface area contributed by atoms with Crippen molar-refractivity contribution in [3.05, 3.63) is 59.2 Å². The van der Waals surface area contributed by atoms with Crippen molar-refractivity contribution < 1.29 is 19.2 Å². The third-order valence-electron chi connectivity index (χ3n) is 6.64. The van der Waals surface area contributed by atoms with E-state index in [9.17, 15) is 19.2 Å². The van der Waals surface area contributed by atoms with Gasteiger partial charge in [-0.25, -0.2) is 9.80 Å². The minimum absolute atomic E-state index is 0.0124. The van der Waals surface area contributed by atoms with Gasteiger partial charge >= 0.3 is 6.03 Å². The maximum atomic E-state index is 13.0. The molecule has 1 aromatic heterocycles. The number of anilines is 1. The molecular weight excluding hydrogens is 468 g/mol. The number of carbonyl (C=O) groups excluding carboxylic acids is 4. The molecule has 2 aromatic carbocycles. The number of hydrogen-bond acceptors (Lipinski definition) is 8. The number of carbonyl (C=O) groups is 4. The van der Waals surface area contributed by atoms with Crippen molar-refractivity contribution in [2.24, 2.45) is 0 Å². The van der Waals surface area contributed by atoms with Crippen molar-refractivity contribution in [3.8, 4) is 0 Å². The summed E-state index contributed by atoms with van der Waals surface area (Å²) in [6.45, 7) is 4.05. The summed E-state index contributed by atoms with van der Waals surface area (Å²) in [5, 5.41) is 5.18. The van der Waals surface area contributed by atoms with Gasteiger partial charge in [-0.05, 0) is 41.4 Å². The Hall–Kier alpha value is -3.83. The van der Waals surface area contributed by atoms with Crippen LogP contribution in [0.2, 0.25) is 0 Å². The van der Waals surface area contributed by atoms with Crippen LogP contribution in [0.5, 0.6) is 0 Å². The zero-order valence-electron chi connectivity index (χ0n) is 18.8. The van der Waals surface area contributed by atoms with E-state index in [2.05, 4.69) is 31.6 Å². The maximum Gasteiger partial charge on any atom is 0.343 e. The van der Waals surface area contributed by atoms with Crippen LogP contribution in [-0.4, -0.2) is 75.8 Å². The third-order valence-corrected chi connectivity index (χ3v) is 7.46. The molecule has 5 amide bonds. The van der Waals surface area contributed by atoms with Crippen molar-refractivity contribution >= 4 is 51.2 Å². The molecule has 0 atom stereocenters. The summed E-state index contributed by atoms with van der Waals surface area (Å²) in [6.07, 6.45) is 0.0348. The number of fused-ring (bicyclic) bond motifs is 2. The first-order valence-corrected chi connectivity index (χ1v) is 12.2. The normalized spacial score (nSPS) is 19.0. The Morgan fingerprint density at radius 2 is 1.66 bits per heavy atom. The Labute approximate surface area is 204 Å². The number of amides is 5. The number of aromatic nitrogens is 1.